The molecule has 0 spiro atoms. The van der Waals surface area contributed by atoms with Crippen molar-refractivity contribution in [2.24, 2.45) is 0 Å². The first-order chi connectivity index (χ1) is 8.87. The zero-order valence-electron chi connectivity index (χ0n) is 10.4. The predicted molar refractivity (Wildman–Crippen MR) is 80.6 cm³/mol. The molecule has 1 aliphatic heterocycles. The van der Waals surface area contributed by atoms with E-state index in [4.69, 9.17) is 0 Å². The fourth-order valence-electron chi connectivity index (χ4n) is 2.26. The molecule has 0 amide bonds. The van der Waals surface area contributed by atoms with E-state index in [1.807, 2.05) is 6.92 Å². The van der Waals surface area contributed by atoms with E-state index in [1.54, 1.807) is 12.1 Å². The number of hydrogen-bond acceptors (Lipinski definition) is 3. The Hall–Kier alpha value is 0.0500. The SMILES string of the molecule is Cc1cc(Br)c(S(=O)(=O)N2CCC[C@@H]2CO)cc1Br. The molecule has 4 nitrogen and oxygen atoms in total. The molecule has 106 valence electrons. The molecule has 1 atom stereocenters. The van der Waals surface area contributed by atoms with Crippen LogP contribution in [0.5, 0.6) is 0 Å². The van der Waals surface area contributed by atoms with Gasteiger partial charge < -0.3 is 5.11 Å². The Labute approximate surface area is 130 Å². The fraction of sp³-hybridized carbons (Fsp3) is 0.500. The number of aliphatic hydroxyl groups excluding tert-OH is 1. The monoisotopic (exact) mass is 411 g/mol. The molecule has 1 aromatic carbocycles. The van der Waals surface area contributed by atoms with Gasteiger partial charge in [0.1, 0.15) is 0 Å². The predicted octanol–water partition coefficient (Wildman–Crippen LogP) is 2.67. The van der Waals surface area contributed by atoms with Gasteiger partial charge in [-0.2, -0.15) is 4.31 Å². The van der Waals surface area contributed by atoms with Crippen LogP contribution >= 0.6 is 31.9 Å². The molecule has 1 N–H and O–H groups in total. The molecule has 0 bridgehead atoms. The third-order valence-electron chi connectivity index (χ3n) is 3.33. The Morgan fingerprint density at radius 2 is 2.05 bits per heavy atom. The highest BCUT2D eigenvalue weighted by Gasteiger charge is 2.36. The molecule has 1 aliphatic rings. The summed E-state index contributed by atoms with van der Waals surface area (Å²) in [5.74, 6) is 0. The lowest BCUT2D eigenvalue weighted by Crippen LogP contribution is -2.37. The minimum absolute atomic E-state index is 0.135. The Balaban J connectivity index is 2.48. The second kappa shape index (κ2) is 5.81. The molecular formula is C12H15Br2NO3S. The molecule has 0 aliphatic carbocycles. The van der Waals surface area contributed by atoms with Gasteiger partial charge in [0.05, 0.1) is 11.5 Å². The lowest BCUT2D eigenvalue weighted by atomic mass is 10.2. The third-order valence-corrected chi connectivity index (χ3v) is 7.10. The number of hydrogen-bond donors (Lipinski definition) is 1. The summed E-state index contributed by atoms with van der Waals surface area (Å²) in [7, 11) is -3.57. The van der Waals surface area contributed by atoms with Crippen molar-refractivity contribution in [3.05, 3.63) is 26.6 Å². The number of aliphatic hydroxyl groups is 1. The van der Waals surface area contributed by atoms with Crippen LogP contribution < -0.4 is 0 Å². The molecule has 1 saturated heterocycles. The maximum atomic E-state index is 12.7. The number of rotatable bonds is 3. The highest BCUT2D eigenvalue weighted by atomic mass is 79.9. The van der Waals surface area contributed by atoms with Crippen LogP contribution in [0.25, 0.3) is 0 Å². The van der Waals surface area contributed by atoms with Gasteiger partial charge >= 0.3 is 0 Å². The highest BCUT2D eigenvalue weighted by molar-refractivity contribution is 9.11. The minimum Gasteiger partial charge on any atom is -0.395 e. The number of benzene rings is 1. The van der Waals surface area contributed by atoms with E-state index in [2.05, 4.69) is 31.9 Å². The summed E-state index contributed by atoms with van der Waals surface area (Å²) in [4.78, 5) is 0.241. The molecular weight excluding hydrogens is 398 g/mol. The van der Waals surface area contributed by atoms with Crippen molar-refractivity contribution < 1.29 is 13.5 Å². The van der Waals surface area contributed by atoms with Gasteiger partial charge in [0.25, 0.3) is 0 Å². The van der Waals surface area contributed by atoms with Crippen LogP contribution in [0, 0.1) is 6.92 Å². The van der Waals surface area contributed by atoms with Gasteiger partial charge in [0, 0.05) is 21.5 Å². The molecule has 2 rings (SSSR count). The normalized spacial score (nSPS) is 20.9. The second-order valence-corrected chi connectivity index (χ2v) is 8.19. The summed E-state index contributed by atoms with van der Waals surface area (Å²) in [5, 5.41) is 9.29. The first kappa shape index (κ1) is 15.4. The van der Waals surface area contributed by atoms with E-state index in [-0.39, 0.29) is 17.5 Å². The molecule has 0 aromatic heterocycles. The Kier molecular flexibility index (Phi) is 4.72. The van der Waals surface area contributed by atoms with E-state index in [9.17, 15) is 13.5 Å². The van der Waals surface area contributed by atoms with Gasteiger partial charge in [-0.1, -0.05) is 15.9 Å². The zero-order chi connectivity index (χ0) is 14.2. The maximum absolute atomic E-state index is 12.7. The fourth-order valence-corrected chi connectivity index (χ4v) is 5.59. The lowest BCUT2D eigenvalue weighted by Gasteiger charge is -2.23. The van der Waals surface area contributed by atoms with Crippen LogP contribution in [0.4, 0.5) is 0 Å². The van der Waals surface area contributed by atoms with Crippen molar-refractivity contribution in [1.82, 2.24) is 4.31 Å². The standard InChI is InChI=1S/C12H15Br2NO3S/c1-8-5-11(14)12(6-10(8)13)19(17,18)15-4-2-3-9(15)7-16/h5-6,9,16H,2-4,7H2,1H3/t9-/m1/s1. The highest BCUT2D eigenvalue weighted by Crippen LogP contribution is 2.33. The summed E-state index contributed by atoms with van der Waals surface area (Å²) >= 11 is 6.68. The summed E-state index contributed by atoms with van der Waals surface area (Å²) in [6, 6.07) is 3.08. The second-order valence-electron chi connectivity index (χ2n) is 4.63. The average molecular weight is 413 g/mol. The first-order valence-corrected chi connectivity index (χ1v) is 8.99. The van der Waals surface area contributed by atoms with Crippen LogP contribution in [-0.2, 0) is 10.0 Å². The van der Waals surface area contributed by atoms with Crippen LogP contribution in [-0.4, -0.2) is 37.0 Å². The summed E-state index contributed by atoms with van der Waals surface area (Å²) in [5.41, 5.74) is 0.964. The molecule has 0 radical (unpaired) electrons. The molecule has 1 fully saturated rings. The topological polar surface area (TPSA) is 57.6 Å². The molecule has 7 heteroatoms. The van der Waals surface area contributed by atoms with E-state index in [0.29, 0.717) is 17.4 Å². The van der Waals surface area contributed by atoms with Gasteiger partial charge in [0.2, 0.25) is 10.0 Å². The quantitative estimate of drug-likeness (QED) is 0.830. The Morgan fingerprint density at radius 3 is 2.68 bits per heavy atom. The summed E-state index contributed by atoms with van der Waals surface area (Å²) in [6.45, 7) is 2.23. The van der Waals surface area contributed by atoms with Crippen LogP contribution in [0.15, 0.2) is 26.0 Å². The minimum atomic E-state index is -3.57. The largest absolute Gasteiger partial charge is 0.395 e. The van der Waals surface area contributed by atoms with E-state index < -0.39 is 10.0 Å². The number of halogens is 2. The van der Waals surface area contributed by atoms with E-state index in [0.717, 1.165) is 16.5 Å². The Bertz CT molecular complexity index is 589. The van der Waals surface area contributed by atoms with Crippen molar-refractivity contribution >= 4 is 41.9 Å². The van der Waals surface area contributed by atoms with Gasteiger partial charge in [-0.05, 0) is 53.4 Å². The summed E-state index contributed by atoms with van der Waals surface area (Å²) in [6.07, 6.45) is 1.50. The molecule has 0 unspecified atom stereocenters. The van der Waals surface area contributed by atoms with Crippen molar-refractivity contribution in [2.45, 2.75) is 30.7 Å². The smallest absolute Gasteiger partial charge is 0.244 e. The maximum Gasteiger partial charge on any atom is 0.244 e. The molecule has 19 heavy (non-hydrogen) atoms. The van der Waals surface area contributed by atoms with Gasteiger partial charge in [0.15, 0.2) is 0 Å². The number of nitrogens with zero attached hydrogens (tertiary/aromatic N) is 1. The number of aryl methyl sites for hydroxylation is 1. The Morgan fingerprint density at radius 1 is 1.37 bits per heavy atom. The van der Waals surface area contributed by atoms with Gasteiger partial charge in [-0.3, -0.25) is 0 Å². The van der Waals surface area contributed by atoms with Gasteiger partial charge in [-0.15, -0.1) is 0 Å². The number of sulfonamides is 1. The van der Waals surface area contributed by atoms with Crippen molar-refractivity contribution in [3.8, 4) is 0 Å². The van der Waals surface area contributed by atoms with Crippen LogP contribution in [0.1, 0.15) is 18.4 Å². The molecule has 0 saturated carbocycles. The van der Waals surface area contributed by atoms with Crippen molar-refractivity contribution in [1.29, 1.82) is 0 Å². The third kappa shape index (κ3) is 2.90. The van der Waals surface area contributed by atoms with Gasteiger partial charge in [-0.25, -0.2) is 8.42 Å². The average Bonchev–Trinajstić information content (AvgIpc) is 2.82. The van der Waals surface area contributed by atoms with Crippen molar-refractivity contribution in [3.63, 3.8) is 0 Å². The molecule has 1 aromatic rings. The van der Waals surface area contributed by atoms with E-state index in [1.165, 1.54) is 4.31 Å². The van der Waals surface area contributed by atoms with E-state index >= 15 is 0 Å². The van der Waals surface area contributed by atoms with Crippen LogP contribution in [0.3, 0.4) is 0 Å². The van der Waals surface area contributed by atoms with Crippen molar-refractivity contribution in [2.75, 3.05) is 13.2 Å². The summed E-state index contributed by atoms with van der Waals surface area (Å²) < 4.78 is 28.0. The molecule has 1 heterocycles. The van der Waals surface area contributed by atoms with Crippen LogP contribution in [0.2, 0.25) is 0 Å². The zero-order valence-corrected chi connectivity index (χ0v) is 14.4. The lowest BCUT2D eigenvalue weighted by molar-refractivity contribution is 0.213. The first-order valence-electron chi connectivity index (χ1n) is 5.96.